The lowest BCUT2D eigenvalue weighted by Gasteiger charge is -1.90. The minimum atomic E-state index is -0.167. The predicted octanol–water partition coefficient (Wildman–Crippen LogP) is 1.02. The van der Waals surface area contributed by atoms with E-state index in [4.69, 9.17) is 10.2 Å². The monoisotopic (exact) mass is 134 g/mol. The van der Waals surface area contributed by atoms with Gasteiger partial charge < -0.3 is 10.2 Å². The standard InChI is InChI=1S/C4H10O.C3H8O/c1-4(2)3-5;1-3(2)4/h4-5H,3H2,1-2H3;3-4H,1-2H3. The molecular weight excluding hydrogens is 116 g/mol. The van der Waals surface area contributed by atoms with Crippen LogP contribution in [-0.2, 0) is 0 Å². The van der Waals surface area contributed by atoms with Gasteiger partial charge in [-0.05, 0) is 19.8 Å². The van der Waals surface area contributed by atoms with E-state index in [2.05, 4.69) is 0 Å². The van der Waals surface area contributed by atoms with Crippen molar-refractivity contribution in [3.05, 3.63) is 0 Å². The summed E-state index contributed by atoms with van der Waals surface area (Å²) in [6.45, 7) is 7.69. The second-order valence-corrected chi connectivity index (χ2v) is 2.67. The lowest BCUT2D eigenvalue weighted by molar-refractivity contribution is 0.216. The van der Waals surface area contributed by atoms with E-state index in [1.807, 2.05) is 13.8 Å². The average molecular weight is 134 g/mol. The van der Waals surface area contributed by atoms with Crippen molar-refractivity contribution in [1.82, 2.24) is 0 Å². The molecule has 0 spiro atoms. The van der Waals surface area contributed by atoms with Crippen molar-refractivity contribution in [2.75, 3.05) is 6.61 Å². The van der Waals surface area contributed by atoms with Crippen LogP contribution in [0, 0.1) is 5.92 Å². The zero-order chi connectivity index (χ0) is 7.86. The molecule has 0 atom stereocenters. The van der Waals surface area contributed by atoms with Crippen LogP contribution in [0.4, 0.5) is 0 Å². The fourth-order valence-electron chi connectivity index (χ4n) is 0. The van der Waals surface area contributed by atoms with Gasteiger partial charge in [-0.1, -0.05) is 13.8 Å². The second kappa shape index (κ2) is 7.92. The zero-order valence-electron chi connectivity index (χ0n) is 6.76. The Hall–Kier alpha value is -0.0800. The van der Waals surface area contributed by atoms with Crippen molar-refractivity contribution in [3.63, 3.8) is 0 Å². The molecule has 0 rings (SSSR count). The van der Waals surface area contributed by atoms with Crippen molar-refractivity contribution >= 4 is 0 Å². The zero-order valence-corrected chi connectivity index (χ0v) is 6.76. The van der Waals surface area contributed by atoms with Crippen LogP contribution in [0.15, 0.2) is 0 Å². The smallest absolute Gasteiger partial charge is 0.0483 e. The molecule has 0 heterocycles. The number of aliphatic hydroxyl groups excluding tert-OH is 2. The van der Waals surface area contributed by atoms with Crippen molar-refractivity contribution in [2.45, 2.75) is 33.8 Å². The molecule has 0 radical (unpaired) electrons. The van der Waals surface area contributed by atoms with Crippen LogP contribution in [0.25, 0.3) is 0 Å². The van der Waals surface area contributed by atoms with Crippen LogP contribution in [0.1, 0.15) is 27.7 Å². The first-order valence-electron chi connectivity index (χ1n) is 3.29. The highest BCUT2D eigenvalue weighted by Gasteiger charge is 1.81. The molecule has 0 aromatic rings. The van der Waals surface area contributed by atoms with Gasteiger partial charge in [0, 0.05) is 12.7 Å². The average Bonchev–Trinajstić information content (AvgIpc) is 1.65. The Kier molecular flexibility index (Phi) is 10.3. The van der Waals surface area contributed by atoms with Crippen LogP contribution in [0.5, 0.6) is 0 Å². The van der Waals surface area contributed by atoms with Crippen molar-refractivity contribution in [1.29, 1.82) is 0 Å². The lowest BCUT2D eigenvalue weighted by Crippen LogP contribution is -1.90. The fourth-order valence-corrected chi connectivity index (χ4v) is 0. The summed E-state index contributed by atoms with van der Waals surface area (Å²) in [5.74, 6) is 0.440. The Morgan fingerprint density at radius 1 is 1.11 bits per heavy atom. The quantitative estimate of drug-likeness (QED) is 0.562. The van der Waals surface area contributed by atoms with Gasteiger partial charge in [-0.2, -0.15) is 0 Å². The number of hydrogen-bond acceptors (Lipinski definition) is 2. The molecule has 0 aliphatic heterocycles. The molecule has 0 saturated carbocycles. The molecule has 58 valence electrons. The molecule has 9 heavy (non-hydrogen) atoms. The summed E-state index contributed by atoms with van der Waals surface area (Å²) in [5, 5.41) is 16.2. The van der Waals surface area contributed by atoms with Gasteiger partial charge in [0.05, 0.1) is 0 Å². The van der Waals surface area contributed by atoms with E-state index in [0.29, 0.717) is 12.5 Å². The summed E-state index contributed by atoms with van der Waals surface area (Å²) in [5.41, 5.74) is 0. The molecular formula is C7H18O2. The molecule has 0 bridgehead atoms. The van der Waals surface area contributed by atoms with Crippen molar-refractivity contribution in [3.8, 4) is 0 Å². The normalized spacial score (nSPS) is 9.33. The third kappa shape index (κ3) is 75.3. The maximum atomic E-state index is 8.14. The van der Waals surface area contributed by atoms with Gasteiger partial charge in [-0.3, -0.25) is 0 Å². The molecule has 2 N–H and O–H groups in total. The van der Waals surface area contributed by atoms with E-state index in [0.717, 1.165) is 0 Å². The van der Waals surface area contributed by atoms with Crippen molar-refractivity contribution in [2.24, 2.45) is 5.92 Å². The van der Waals surface area contributed by atoms with E-state index >= 15 is 0 Å². The van der Waals surface area contributed by atoms with E-state index < -0.39 is 0 Å². The minimum absolute atomic E-state index is 0.167. The van der Waals surface area contributed by atoms with Gasteiger partial charge in [0.25, 0.3) is 0 Å². The molecule has 0 aliphatic carbocycles. The van der Waals surface area contributed by atoms with Crippen molar-refractivity contribution < 1.29 is 10.2 Å². The van der Waals surface area contributed by atoms with E-state index in [9.17, 15) is 0 Å². The predicted molar refractivity (Wildman–Crippen MR) is 39.3 cm³/mol. The molecule has 0 saturated heterocycles. The first-order chi connectivity index (χ1) is 4.00. The maximum Gasteiger partial charge on any atom is 0.0483 e. The van der Waals surface area contributed by atoms with Gasteiger partial charge in [0.1, 0.15) is 0 Å². The van der Waals surface area contributed by atoms with Crippen LogP contribution in [0.3, 0.4) is 0 Å². The molecule has 2 heteroatoms. The first-order valence-corrected chi connectivity index (χ1v) is 3.29. The lowest BCUT2D eigenvalue weighted by atomic mass is 10.2. The van der Waals surface area contributed by atoms with E-state index in [1.165, 1.54) is 0 Å². The highest BCUT2D eigenvalue weighted by molar-refractivity contribution is 4.32. The number of rotatable bonds is 1. The Morgan fingerprint density at radius 3 is 1.22 bits per heavy atom. The molecule has 2 nitrogen and oxygen atoms in total. The summed E-state index contributed by atoms with van der Waals surface area (Å²) >= 11 is 0. The van der Waals surface area contributed by atoms with E-state index in [1.54, 1.807) is 13.8 Å². The minimum Gasteiger partial charge on any atom is -0.396 e. The van der Waals surface area contributed by atoms with Gasteiger partial charge in [-0.25, -0.2) is 0 Å². The Balaban J connectivity index is 0. The first kappa shape index (κ1) is 11.7. The number of aliphatic hydroxyl groups is 2. The highest BCUT2D eigenvalue weighted by atomic mass is 16.3. The largest absolute Gasteiger partial charge is 0.396 e. The highest BCUT2D eigenvalue weighted by Crippen LogP contribution is 1.83. The molecule has 0 aromatic carbocycles. The molecule has 0 aromatic heterocycles. The topological polar surface area (TPSA) is 40.5 Å². The van der Waals surface area contributed by atoms with Gasteiger partial charge in [-0.15, -0.1) is 0 Å². The fraction of sp³-hybridized carbons (Fsp3) is 1.00. The molecule has 0 amide bonds. The maximum absolute atomic E-state index is 8.14. The summed E-state index contributed by atoms with van der Waals surface area (Å²) in [4.78, 5) is 0. The van der Waals surface area contributed by atoms with E-state index in [-0.39, 0.29) is 6.10 Å². The Labute approximate surface area is 57.5 Å². The second-order valence-electron chi connectivity index (χ2n) is 2.67. The summed E-state index contributed by atoms with van der Waals surface area (Å²) in [6.07, 6.45) is -0.167. The van der Waals surface area contributed by atoms with Gasteiger partial charge >= 0.3 is 0 Å². The molecule has 0 fully saturated rings. The summed E-state index contributed by atoms with van der Waals surface area (Å²) in [7, 11) is 0. The Morgan fingerprint density at radius 2 is 1.22 bits per heavy atom. The molecule has 0 aliphatic rings. The van der Waals surface area contributed by atoms with Gasteiger partial charge in [0.15, 0.2) is 0 Å². The Bertz CT molecular complexity index is 39.4. The summed E-state index contributed by atoms with van der Waals surface area (Å²) in [6, 6.07) is 0. The third-order valence-corrected chi connectivity index (χ3v) is 0.365. The summed E-state index contributed by atoms with van der Waals surface area (Å²) < 4.78 is 0. The van der Waals surface area contributed by atoms with Crippen LogP contribution in [-0.4, -0.2) is 22.9 Å². The van der Waals surface area contributed by atoms with Crippen LogP contribution in [0.2, 0.25) is 0 Å². The van der Waals surface area contributed by atoms with Crippen LogP contribution >= 0.6 is 0 Å². The SMILES string of the molecule is CC(C)CO.CC(C)O. The van der Waals surface area contributed by atoms with Gasteiger partial charge in [0.2, 0.25) is 0 Å². The third-order valence-electron chi connectivity index (χ3n) is 0.365. The number of hydrogen-bond donors (Lipinski definition) is 2. The molecule has 0 unspecified atom stereocenters. The van der Waals surface area contributed by atoms with Crippen LogP contribution < -0.4 is 0 Å².